The van der Waals surface area contributed by atoms with Crippen molar-refractivity contribution in [3.8, 4) is 11.5 Å². The molecule has 1 amide bonds. The van der Waals surface area contributed by atoms with Crippen LogP contribution in [0.3, 0.4) is 0 Å². The molecule has 0 radical (unpaired) electrons. The minimum absolute atomic E-state index is 0.105. The number of carbonyl (C=O) groups is 1. The van der Waals surface area contributed by atoms with E-state index >= 15 is 0 Å². The zero-order chi connectivity index (χ0) is 17.0. The van der Waals surface area contributed by atoms with Crippen LogP contribution in [0.2, 0.25) is 0 Å². The first-order chi connectivity index (χ1) is 10.9. The van der Waals surface area contributed by atoms with Gasteiger partial charge < -0.3 is 14.4 Å². The molecule has 23 heavy (non-hydrogen) atoms. The maximum absolute atomic E-state index is 12.6. The zero-order valence-electron chi connectivity index (χ0n) is 13.7. The molecule has 0 spiro atoms. The number of halogens is 1. The average molecular weight is 378 g/mol. The summed E-state index contributed by atoms with van der Waals surface area (Å²) in [5, 5.41) is 0. The van der Waals surface area contributed by atoms with Crippen LogP contribution in [-0.2, 0) is 4.79 Å². The summed E-state index contributed by atoms with van der Waals surface area (Å²) in [7, 11) is 3.37. The molecule has 2 aromatic carbocycles. The fourth-order valence-electron chi connectivity index (χ4n) is 2.30. The summed E-state index contributed by atoms with van der Waals surface area (Å²) < 4.78 is 11.8. The molecule has 0 heterocycles. The van der Waals surface area contributed by atoms with E-state index in [1.54, 1.807) is 50.2 Å². The van der Waals surface area contributed by atoms with Gasteiger partial charge in [-0.1, -0.05) is 15.9 Å². The highest BCUT2D eigenvalue weighted by Gasteiger charge is 2.21. The molecule has 122 valence electrons. The molecule has 0 aliphatic heterocycles. The molecule has 0 saturated carbocycles. The van der Waals surface area contributed by atoms with Crippen LogP contribution in [0.15, 0.2) is 46.9 Å². The van der Waals surface area contributed by atoms with E-state index in [2.05, 4.69) is 15.9 Å². The minimum Gasteiger partial charge on any atom is -0.497 e. The van der Waals surface area contributed by atoms with Gasteiger partial charge in [0.15, 0.2) is 6.10 Å². The Labute approximate surface area is 145 Å². The fourth-order valence-corrected chi connectivity index (χ4v) is 2.77. The summed E-state index contributed by atoms with van der Waals surface area (Å²) in [6, 6.07) is 13.0. The van der Waals surface area contributed by atoms with Crippen molar-refractivity contribution in [1.82, 2.24) is 0 Å². The SMILES string of the molecule is COc1ccc(OC(C)C(=O)N(C)c2ccc(Br)cc2C)cc1. The van der Waals surface area contributed by atoms with Gasteiger partial charge in [-0.2, -0.15) is 0 Å². The third kappa shape index (κ3) is 4.26. The van der Waals surface area contributed by atoms with Crippen molar-refractivity contribution in [1.29, 1.82) is 0 Å². The van der Waals surface area contributed by atoms with Crippen LogP contribution in [0.1, 0.15) is 12.5 Å². The van der Waals surface area contributed by atoms with Crippen molar-refractivity contribution in [2.45, 2.75) is 20.0 Å². The molecule has 4 nitrogen and oxygen atoms in total. The molecule has 5 heteroatoms. The summed E-state index contributed by atoms with van der Waals surface area (Å²) in [6.07, 6.45) is -0.587. The van der Waals surface area contributed by atoms with E-state index in [1.807, 2.05) is 25.1 Å². The minimum atomic E-state index is -0.587. The van der Waals surface area contributed by atoms with Gasteiger partial charge in [0, 0.05) is 17.2 Å². The third-order valence-electron chi connectivity index (χ3n) is 3.57. The Morgan fingerprint density at radius 2 is 1.74 bits per heavy atom. The van der Waals surface area contributed by atoms with E-state index in [-0.39, 0.29) is 5.91 Å². The predicted molar refractivity (Wildman–Crippen MR) is 95.4 cm³/mol. The second kappa shape index (κ2) is 7.51. The van der Waals surface area contributed by atoms with Crippen molar-refractivity contribution in [3.63, 3.8) is 0 Å². The summed E-state index contributed by atoms with van der Waals surface area (Å²) in [5.74, 6) is 1.28. The van der Waals surface area contributed by atoms with E-state index in [0.29, 0.717) is 5.75 Å². The lowest BCUT2D eigenvalue weighted by atomic mass is 10.2. The van der Waals surface area contributed by atoms with Gasteiger partial charge in [-0.15, -0.1) is 0 Å². The Kier molecular flexibility index (Phi) is 5.66. The van der Waals surface area contributed by atoms with Gasteiger partial charge in [0.25, 0.3) is 5.91 Å². The lowest BCUT2D eigenvalue weighted by molar-refractivity contribution is -0.124. The molecular weight excluding hydrogens is 358 g/mol. The Morgan fingerprint density at radius 1 is 1.13 bits per heavy atom. The maximum Gasteiger partial charge on any atom is 0.267 e. The number of nitrogens with zero attached hydrogens (tertiary/aromatic N) is 1. The van der Waals surface area contributed by atoms with Crippen LogP contribution < -0.4 is 14.4 Å². The van der Waals surface area contributed by atoms with Crippen LogP contribution in [0, 0.1) is 6.92 Å². The van der Waals surface area contributed by atoms with Crippen molar-refractivity contribution in [2.75, 3.05) is 19.1 Å². The Morgan fingerprint density at radius 3 is 2.30 bits per heavy atom. The number of carbonyl (C=O) groups excluding carboxylic acids is 1. The smallest absolute Gasteiger partial charge is 0.267 e. The number of hydrogen-bond acceptors (Lipinski definition) is 3. The number of hydrogen-bond donors (Lipinski definition) is 0. The lowest BCUT2D eigenvalue weighted by Gasteiger charge is -2.24. The quantitative estimate of drug-likeness (QED) is 0.783. The molecule has 1 atom stereocenters. The normalized spacial score (nSPS) is 11.7. The third-order valence-corrected chi connectivity index (χ3v) is 4.06. The van der Waals surface area contributed by atoms with Gasteiger partial charge >= 0.3 is 0 Å². The maximum atomic E-state index is 12.6. The molecule has 2 rings (SSSR count). The summed E-state index contributed by atoms with van der Waals surface area (Å²) in [5.41, 5.74) is 1.88. The Hall–Kier alpha value is -2.01. The second-order valence-corrected chi connectivity index (χ2v) is 6.18. The fraction of sp³-hybridized carbons (Fsp3) is 0.278. The number of ether oxygens (including phenoxy) is 2. The van der Waals surface area contributed by atoms with E-state index in [4.69, 9.17) is 9.47 Å². The number of methoxy groups -OCH3 is 1. The molecule has 0 saturated heterocycles. The van der Waals surface area contributed by atoms with Gasteiger partial charge in [-0.3, -0.25) is 4.79 Å². The van der Waals surface area contributed by atoms with Crippen LogP contribution >= 0.6 is 15.9 Å². The Balaban J connectivity index is 2.08. The van der Waals surface area contributed by atoms with Crippen LogP contribution in [0.25, 0.3) is 0 Å². The van der Waals surface area contributed by atoms with Crippen LogP contribution in [0.4, 0.5) is 5.69 Å². The topological polar surface area (TPSA) is 38.8 Å². The van der Waals surface area contributed by atoms with Gasteiger partial charge in [-0.25, -0.2) is 0 Å². The second-order valence-electron chi connectivity index (χ2n) is 5.26. The number of likely N-dealkylation sites (N-methyl/N-ethyl adjacent to an activating group) is 1. The standard InChI is InChI=1S/C18H20BrNO3/c1-12-11-14(19)5-10-17(12)20(3)18(21)13(2)23-16-8-6-15(22-4)7-9-16/h5-11,13H,1-4H3. The molecule has 0 aromatic heterocycles. The number of amides is 1. The average Bonchev–Trinajstić information content (AvgIpc) is 2.54. The first-order valence-electron chi connectivity index (χ1n) is 7.27. The van der Waals surface area contributed by atoms with Gasteiger partial charge in [0.2, 0.25) is 0 Å². The van der Waals surface area contributed by atoms with E-state index < -0.39 is 6.10 Å². The van der Waals surface area contributed by atoms with Gasteiger partial charge in [0.05, 0.1) is 7.11 Å². The number of rotatable bonds is 5. The van der Waals surface area contributed by atoms with Crippen molar-refractivity contribution < 1.29 is 14.3 Å². The van der Waals surface area contributed by atoms with Gasteiger partial charge in [-0.05, 0) is 61.9 Å². The van der Waals surface area contributed by atoms with Gasteiger partial charge in [0.1, 0.15) is 11.5 Å². The molecular formula is C18H20BrNO3. The summed E-state index contributed by atoms with van der Waals surface area (Å²) in [4.78, 5) is 14.2. The highest BCUT2D eigenvalue weighted by atomic mass is 79.9. The highest BCUT2D eigenvalue weighted by molar-refractivity contribution is 9.10. The highest BCUT2D eigenvalue weighted by Crippen LogP contribution is 2.24. The molecule has 0 aliphatic rings. The van der Waals surface area contributed by atoms with Crippen molar-refractivity contribution in [2.24, 2.45) is 0 Å². The first kappa shape index (κ1) is 17.3. The molecule has 0 fully saturated rings. The first-order valence-corrected chi connectivity index (χ1v) is 8.06. The largest absolute Gasteiger partial charge is 0.497 e. The lowest BCUT2D eigenvalue weighted by Crippen LogP contribution is -2.38. The van der Waals surface area contributed by atoms with E-state index in [1.165, 1.54) is 0 Å². The van der Waals surface area contributed by atoms with Crippen molar-refractivity contribution >= 4 is 27.5 Å². The molecule has 0 bridgehead atoms. The van der Waals surface area contributed by atoms with Crippen molar-refractivity contribution in [3.05, 3.63) is 52.5 Å². The molecule has 2 aromatic rings. The van der Waals surface area contributed by atoms with Crippen LogP contribution in [-0.4, -0.2) is 26.2 Å². The number of aryl methyl sites for hydroxylation is 1. The summed E-state index contributed by atoms with van der Waals surface area (Å²) >= 11 is 3.43. The number of benzene rings is 2. The Bertz CT molecular complexity index is 685. The monoisotopic (exact) mass is 377 g/mol. The summed E-state index contributed by atoms with van der Waals surface area (Å²) in [6.45, 7) is 3.72. The number of anilines is 1. The predicted octanol–water partition coefficient (Wildman–Crippen LogP) is 4.20. The van der Waals surface area contributed by atoms with Crippen LogP contribution in [0.5, 0.6) is 11.5 Å². The zero-order valence-corrected chi connectivity index (χ0v) is 15.3. The molecule has 0 N–H and O–H groups in total. The molecule has 0 aliphatic carbocycles. The molecule has 1 unspecified atom stereocenters. The van der Waals surface area contributed by atoms with E-state index in [0.717, 1.165) is 21.5 Å². The van der Waals surface area contributed by atoms with E-state index in [9.17, 15) is 4.79 Å².